The molecule has 2 heteroatoms. The summed E-state index contributed by atoms with van der Waals surface area (Å²) in [5.74, 6) is 0.423. The lowest BCUT2D eigenvalue weighted by Crippen LogP contribution is -2.55. The first-order valence-corrected chi connectivity index (χ1v) is 13.2. The second-order valence-corrected chi connectivity index (χ2v) is 10.4. The Bertz CT molecular complexity index is 1080. The average molecular weight is 477 g/mol. The molecule has 0 heterocycles. The topological polar surface area (TPSA) is 40.5 Å². The normalized spacial score (nSPS) is 25.9. The molecule has 184 valence electrons. The first kappa shape index (κ1) is 24.5. The molecule has 5 rings (SSSR count). The summed E-state index contributed by atoms with van der Waals surface area (Å²) >= 11 is 0. The van der Waals surface area contributed by atoms with Crippen molar-refractivity contribution < 1.29 is 10.2 Å². The lowest BCUT2D eigenvalue weighted by molar-refractivity contribution is -0.126. The van der Waals surface area contributed by atoms with E-state index in [1.165, 1.54) is 22.3 Å². The van der Waals surface area contributed by atoms with Gasteiger partial charge in [-0.1, -0.05) is 121 Å². The molecule has 1 aliphatic rings. The van der Waals surface area contributed by atoms with Crippen LogP contribution in [0.25, 0.3) is 0 Å². The van der Waals surface area contributed by atoms with E-state index in [9.17, 15) is 10.2 Å². The molecule has 0 aromatic heterocycles. The summed E-state index contributed by atoms with van der Waals surface area (Å²) in [4.78, 5) is 0. The summed E-state index contributed by atoms with van der Waals surface area (Å²) in [7, 11) is 0. The SMILES string of the molecule is O[C@@H]1[C@H](O)[C@H](Cc2ccccc2)[C@@H](Cc2ccccc2)[C@@H](Cc2ccccc2)[C@@H]1Cc1ccccc1. The molecule has 0 amide bonds. The highest BCUT2D eigenvalue weighted by atomic mass is 16.3. The van der Waals surface area contributed by atoms with E-state index in [4.69, 9.17) is 0 Å². The van der Waals surface area contributed by atoms with Gasteiger partial charge in [0, 0.05) is 0 Å². The standard InChI is InChI=1S/C34H36O2/c35-33-31(23-27-17-9-3-10-18-27)29(21-25-13-5-1-6-14-25)30(22-26-15-7-2-8-16-26)32(34(33)36)24-28-19-11-4-12-20-28/h1-20,29-36H,21-24H2/t29-,30+,31+,32-,33+,34-. The van der Waals surface area contributed by atoms with Gasteiger partial charge in [-0.25, -0.2) is 0 Å². The number of hydrogen-bond donors (Lipinski definition) is 2. The molecule has 0 spiro atoms. The molecular weight excluding hydrogens is 440 g/mol. The van der Waals surface area contributed by atoms with Crippen molar-refractivity contribution in [2.24, 2.45) is 23.7 Å². The van der Waals surface area contributed by atoms with Gasteiger partial charge in [0.25, 0.3) is 0 Å². The second-order valence-electron chi connectivity index (χ2n) is 10.4. The fourth-order valence-electron chi connectivity index (χ4n) is 6.34. The molecule has 0 unspecified atom stereocenters. The van der Waals surface area contributed by atoms with Crippen molar-refractivity contribution in [1.82, 2.24) is 0 Å². The molecule has 1 saturated carbocycles. The lowest BCUT2D eigenvalue weighted by atomic mass is 9.58. The van der Waals surface area contributed by atoms with Gasteiger partial charge in [0.1, 0.15) is 0 Å². The largest absolute Gasteiger partial charge is 0.390 e. The number of aliphatic hydroxyl groups excluding tert-OH is 2. The molecule has 2 nitrogen and oxygen atoms in total. The van der Waals surface area contributed by atoms with Crippen molar-refractivity contribution in [1.29, 1.82) is 0 Å². The van der Waals surface area contributed by atoms with Gasteiger partial charge in [-0.05, 0) is 71.6 Å². The van der Waals surface area contributed by atoms with Crippen LogP contribution >= 0.6 is 0 Å². The minimum atomic E-state index is -0.764. The fraction of sp³-hybridized carbons (Fsp3) is 0.294. The van der Waals surface area contributed by atoms with E-state index in [0.29, 0.717) is 0 Å². The second kappa shape index (κ2) is 11.7. The molecule has 4 aromatic carbocycles. The maximum absolute atomic E-state index is 11.6. The fourth-order valence-corrected chi connectivity index (χ4v) is 6.34. The molecule has 2 N–H and O–H groups in total. The highest BCUT2D eigenvalue weighted by Gasteiger charge is 2.48. The Morgan fingerprint density at radius 1 is 0.333 bits per heavy atom. The molecule has 1 aliphatic carbocycles. The smallest absolute Gasteiger partial charge is 0.0836 e. The Labute approximate surface area is 215 Å². The highest BCUT2D eigenvalue weighted by Crippen LogP contribution is 2.45. The third-order valence-electron chi connectivity index (χ3n) is 8.13. The van der Waals surface area contributed by atoms with Crippen LogP contribution in [0.4, 0.5) is 0 Å². The predicted octanol–water partition coefficient (Wildman–Crippen LogP) is 6.16. The van der Waals surface area contributed by atoms with Gasteiger partial charge in [-0.15, -0.1) is 0 Å². The van der Waals surface area contributed by atoms with E-state index < -0.39 is 12.2 Å². The molecule has 0 saturated heterocycles. The first-order chi connectivity index (χ1) is 17.7. The molecular formula is C34H36O2. The summed E-state index contributed by atoms with van der Waals surface area (Å²) in [6.45, 7) is 0. The third-order valence-corrected chi connectivity index (χ3v) is 8.13. The van der Waals surface area contributed by atoms with Gasteiger partial charge in [-0.3, -0.25) is 0 Å². The van der Waals surface area contributed by atoms with Crippen molar-refractivity contribution in [3.05, 3.63) is 144 Å². The minimum Gasteiger partial charge on any atom is -0.390 e. The Morgan fingerprint density at radius 2 is 0.556 bits per heavy atom. The van der Waals surface area contributed by atoms with Gasteiger partial charge in [-0.2, -0.15) is 0 Å². The zero-order valence-corrected chi connectivity index (χ0v) is 20.7. The Hall–Kier alpha value is -3.20. The minimum absolute atomic E-state index is 0.0247. The molecule has 0 radical (unpaired) electrons. The van der Waals surface area contributed by atoms with Crippen molar-refractivity contribution in [3.63, 3.8) is 0 Å². The predicted molar refractivity (Wildman–Crippen MR) is 147 cm³/mol. The molecule has 1 fully saturated rings. The van der Waals surface area contributed by atoms with Gasteiger partial charge in [0.2, 0.25) is 0 Å². The van der Waals surface area contributed by atoms with Crippen LogP contribution in [0.3, 0.4) is 0 Å². The zero-order valence-electron chi connectivity index (χ0n) is 20.7. The molecule has 0 aliphatic heterocycles. The Balaban J connectivity index is 1.55. The highest BCUT2D eigenvalue weighted by molar-refractivity contribution is 5.23. The Kier molecular flexibility index (Phi) is 7.95. The Morgan fingerprint density at radius 3 is 0.806 bits per heavy atom. The lowest BCUT2D eigenvalue weighted by Gasteiger charge is -2.49. The van der Waals surface area contributed by atoms with Crippen LogP contribution in [0.1, 0.15) is 22.3 Å². The number of hydrogen-bond acceptors (Lipinski definition) is 2. The molecule has 6 atom stereocenters. The van der Waals surface area contributed by atoms with E-state index in [-0.39, 0.29) is 23.7 Å². The number of benzene rings is 4. The number of aliphatic hydroxyl groups is 2. The maximum atomic E-state index is 11.6. The van der Waals surface area contributed by atoms with E-state index in [1.54, 1.807) is 0 Å². The van der Waals surface area contributed by atoms with Crippen molar-refractivity contribution >= 4 is 0 Å². The van der Waals surface area contributed by atoms with Gasteiger partial charge in [0.15, 0.2) is 0 Å². The number of rotatable bonds is 8. The zero-order chi connectivity index (χ0) is 24.7. The third kappa shape index (κ3) is 5.78. The first-order valence-electron chi connectivity index (χ1n) is 13.2. The summed E-state index contributed by atoms with van der Waals surface area (Å²) in [5.41, 5.74) is 5.01. The van der Waals surface area contributed by atoms with Crippen LogP contribution in [0, 0.1) is 23.7 Å². The monoisotopic (exact) mass is 476 g/mol. The van der Waals surface area contributed by atoms with Crippen LogP contribution in [0.5, 0.6) is 0 Å². The van der Waals surface area contributed by atoms with E-state index >= 15 is 0 Å². The van der Waals surface area contributed by atoms with Gasteiger partial charge in [0.05, 0.1) is 12.2 Å². The summed E-state index contributed by atoms with van der Waals surface area (Å²) < 4.78 is 0. The van der Waals surface area contributed by atoms with Crippen LogP contribution in [-0.4, -0.2) is 22.4 Å². The van der Waals surface area contributed by atoms with Crippen LogP contribution in [-0.2, 0) is 25.7 Å². The van der Waals surface area contributed by atoms with Crippen LogP contribution < -0.4 is 0 Å². The summed E-state index contributed by atoms with van der Waals surface area (Å²) in [6, 6.07) is 42.2. The van der Waals surface area contributed by atoms with Crippen molar-refractivity contribution in [2.45, 2.75) is 37.9 Å². The van der Waals surface area contributed by atoms with Crippen molar-refractivity contribution in [3.8, 4) is 0 Å². The van der Waals surface area contributed by atoms with E-state index in [0.717, 1.165) is 25.7 Å². The van der Waals surface area contributed by atoms with Gasteiger partial charge < -0.3 is 10.2 Å². The summed E-state index contributed by atoms with van der Waals surface area (Å²) in [5, 5.41) is 23.3. The average Bonchev–Trinajstić information content (AvgIpc) is 2.93. The van der Waals surface area contributed by atoms with Gasteiger partial charge >= 0.3 is 0 Å². The molecule has 36 heavy (non-hydrogen) atoms. The maximum Gasteiger partial charge on any atom is 0.0836 e. The quantitative estimate of drug-likeness (QED) is 0.320. The van der Waals surface area contributed by atoms with E-state index in [1.807, 2.05) is 12.1 Å². The summed E-state index contributed by atoms with van der Waals surface area (Å²) in [6.07, 6.45) is 1.79. The van der Waals surface area contributed by atoms with Crippen LogP contribution in [0.15, 0.2) is 121 Å². The van der Waals surface area contributed by atoms with E-state index in [2.05, 4.69) is 109 Å². The van der Waals surface area contributed by atoms with Crippen LogP contribution in [0.2, 0.25) is 0 Å². The molecule has 0 bridgehead atoms. The van der Waals surface area contributed by atoms with Crippen molar-refractivity contribution in [2.75, 3.05) is 0 Å². The molecule has 4 aromatic rings.